The van der Waals surface area contributed by atoms with Crippen LogP contribution in [0.2, 0.25) is 0 Å². The molecule has 21 heavy (non-hydrogen) atoms. The Morgan fingerprint density at radius 3 is 2.57 bits per heavy atom. The normalized spacial score (nSPS) is 10.4. The van der Waals surface area contributed by atoms with E-state index in [9.17, 15) is 9.59 Å². The standard InChI is InChI=1S/C16H18N2O3/c1-11-8-13(9-12-6-4-3-5-7-12)15(17)16(20)18(11)10-14(19)21-2/h3-8H,9-10,17H2,1-2H3. The predicted octanol–water partition coefficient (Wildman–Crippen LogP) is 1.50. The minimum absolute atomic E-state index is 0.128. The molecule has 5 heteroatoms. The highest BCUT2D eigenvalue weighted by Crippen LogP contribution is 2.15. The topological polar surface area (TPSA) is 74.3 Å². The second kappa shape index (κ2) is 6.26. The number of esters is 1. The van der Waals surface area contributed by atoms with Crippen molar-refractivity contribution in [2.45, 2.75) is 19.9 Å². The summed E-state index contributed by atoms with van der Waals surface area (Å²) >= 11 is 0. The van der Waals surface area contributed by atoms with Gasteiger partial charge in [0.05, 0.1) is 7.11 Å². The van der Waals surface area contributed by atoms with Crippen LogP contribution in [0.15, 0.2) is 41.2 Å². The molecule has 0 bridgehead atoms. The molecule has 0 aliphatic carbocycles. The van der Waals surface area contributed by atoms with Gasteiger partial charge in [-0.3, -0.25) is 14.2 Å². The molecule has 0 aliphatic rings. The Balaban J connectivity index is 2.38. The lowest BCUT2D eigenvalue weighted by Crippen LogP contribution is -2.29. The summed E-state index contributed by atoms with van der Waals surface area (Å²) in [5, 5.41) is 0. The molecule has 1 aromatic heterocycles. The SMILES string of the molecule is COC(=O)Cn1c(C)cc(Cc2ccccc2)c(N)c1=O. The average Bonchev–Trinajstić information content (AvgIpc) is 2.49. The molecule has 0 unspecified atom stereocenters. The second-order valence-corrected chi connectivity index (χ2v) is 4.85. The van der Waals surface area contributed by atoms with Crippen LogP contribution in [-0.4, -0.2) is 17.6 Å². The Bertz CT molecular complexity index is 705. The van der Waals surface area contributed by atoms with Crippen molar-refractivity contribution < 1.29 is 9.53 Å². The summed E-state index contributed by atoms with van der Waals surface area (Å²) in [5.41, 5.74) is 8.28. The molecule has 5 nitrogen and oxygen atoms in total. The molecule has 0 saturated heterocycles. The van der Waals surface area contributed by atoms with Crippen molar-refractivity contribution in [3.8, 4) is 0 Å². The van der Waals surface area contributed by atoms with E-state index in [4.69, 9.17) is 5.73 Å². The molecule has 0 fully saturated rings. The van der Waals surface area contributed by atoms with Gasteiger partial charge in [0.15, 0.2) is 0 Å². The summed E-state index contributed by atoms with van der Waals surface area (Å²) < 4.78 is 5.92. The van der Waals surface area contributed by atoms with Gasteiger partial charge in [0.25, 0.3) is 5.56 Å². The number of nitrogens with zero attached hydrogens (tertiary/aromatic N) is 1. The molecule has 110 valence electrons. The van der Waals surface area contributed by atoms with Gasteiger partial charge in [0, 0.05) is 5.69 Å². The summed E-state index contributed by atoms with van der Waals surface area (Å²) in [6, 6.07) is 11.6. The Labute approximate surface area is 123 Å². The third-order valence-corrected chi connectivity index (χ3v) is 3.38. The zero-order chi connectivity index (χ0) is 15.4. The van der Waals surface area contributed by atoms with E-state index in [1.54, 1.807) is 6.92 Å². The smallest absolute Gasteiger partial charge is 0.325 e. The molecule has 0 amide bonds. The Morgan fingerprint density at radius 1 is 1.29 bits per heavy atom. The van der Waals surface area contributed by atoms with Crippen LogP contribution in [0.4, 0.5) is 5.69 Å². The highest BCUT2D eigenvalue weighted by atomic mass is 16.5. The van der Waals surface area contributed by atoms with Crippen LogP contribution < -0.4 is 11.3 Å². The number of nitrogen functional groups attached to an aromatic ring is 1. The first-order valence-corrected chi connectivity index (χ1v) is 6.62. The number of nitrogens with two attached hydrogens (primary N) is 1. The number of hydrogen-bond donors (Lipinski definition) is 1. The molecule has 2 rings (SSSR count). The van der Waals surface area contributed by atoms with Gasteiger partial charge in [0.1, 0.15) is 12.2 Å². The molecule has 1 aromatic carbocycles. The zero-order valence-electron chi connectivity index (χ0n) is 12.1. The van der Waals surface area contributed by atoms with Crippen molar-refractivity contribution in [1.82, 2.24) is 4.57 Å². The number of benzene rings is 1. The number of aromatic nitrogens is 1. The molecular formula is C16H18N2O3. The number of hydrogen-bond acceptors (Lipinski definition) is 4. The number of ether oxygens (including phenoxy) is 1. The molecule has 2 aromatic rings. The van der Waals surface area contributed by atoms with Gasteiger partial charge < -0.3 is 10.5 Å². The van der Waals surface area contributed by atoms with Crippen molar-refractivity contribution in [3.05, 3.63) is 63.6 Å². The molecule has 0 spiro atoms. The van der Waals surface area contributed by atoms with Crippen molar-refractivity contribution in [2.24, 2.45) is 0 Å². The molecule has 2 N–H and O–H groups in total. The van der Waals surface area contributed by atoms with E-state index in [1.165, 1.54) is 11.7 Å². The largest absolute Gasteiger partial charge is 0.468 e. The zero-order valence-corrected chi connectivity index (χ0v) is 12.1. The fourth-order valence-electron chi connectivity index (χ4n) is 2.20. The third kappa shape index (κ3) is 3.31. The summed E-state index contributed by atoms with van der Waals surface area (Å²) in [7, 11) is 1.29. The van der Waals surface area contributed by atoms with E-state index in [2.05, 4.69) is 4.74 Å². The van der Waals surface area contributed by atoms with Gasteiger partial charge >= 0.3 is 5.97 Å². The first-order valence-electron chi connectivity index (χ1n) is 6.62. The van der Waals surface area contributed by atoms with Gasteiger partial charge in [0.2, 0.25) is 0 Å². The predicted molar refractivity (Wildman–Crippen MR) is 81.1 cm³/mol. The van der Waals surface area contributed by atoms with Crippen molar-refractivity contribution in [1.29, 1.82) is 0 Å². The van der Waals surface area contributed by atoms with Crippen molar-refractivity contribution >= 4 is 11.7 Å². The molecule has 1 heterocycles. The minimum Gasteiger partial charge on any atom is -0.468 e. The van der Waals surface area contributed by atoms with Crippen LogP contribution in [0, 0.1) is 6.92 Å². The Kier molecular flexibility index (Phi) is 4.42. The summed E-state index contributed by atoms with van der Waals surface area (Å²) in [6.45, 7) is 1.65. The quantitative estimate of drug-likeness (QED) is 0.864. The summed E-state index contributed by atoms with van der Waals surface area (Å²) in [4.78, 5) is 23.6. The lowest BCUT2D eigenvalue weighted by atomic mass is 10.0. The highest BCUT2D eigenvalue weighted by molar-refractivity contribution is 5.69. The maximum absolute atomic E-state index is 12.3. The average molecular weight is 286 g/mol. The number of aryl methyl sites for hydroxylation is 1. The lowest BCUT2D eigenvalue weighted by Gasteiger charge is -2.13. The van der Waals surface area contributed by atoms with E-state index in [1.807, 2.05) is 36.4 Å². The number of carbonyl (C=O) groups is 1. The monoisotopic (exact) mass is 286 g/mol. The van der Waals surface area contributed by atoms with E-state index in [0.717, 1.165) is 11.1 Å². The first kappa shape index (κ1) is 14.8. The number of carbonyl (C=O) groups excluding carboxylic acids is 1. The van der Waals surface area contributed by atoms with Gasteiger partial charge in [-0.2, -0.15) is 0 Å². The van der Waals surface area contributed by atoms with Crippen LogP contribution in [0.3, 0.4) is 0 Å². The maximum Gasteiger partial charge on any atom is 0.325 e. The lowest BCUT2D eigenvalue weighted by molar-refractivity contribution is -0.141. The van der Waals surface area contributed by atoms with E-state index in [0.29, 0.717) is 12.1 Å². The van der Waals surface area contributed by atoms with Gasteiger partial charge in [-0.1, -0.05) is 30.3 Å². The molecule has 0 radical (unpaired) electrons. The van der Waals surface area contributed by atoms with Gasteiger partial charge in [-0.05, 0) is 30.5 Å². The minimum atomic E-state index is -0.476. The number of methoxy groups -OCH3 is 1. The van der Waals surface area contributed by atoms with Crippen molar-refractivity contribution in [2.75, 3.05) is 12.8 Å². The van der Waals surface area contributed by atoms with Gasteiger partial charge in [-0.25, -0.2) is 0 Å². The van der Waals surface area contributed by atoms with Crippen LogP contribution in [-0.2, 0) is 22.5 Å². The number of rotatable bonds is 4. The summed E-state index contributed by atoms with van der Waals surface area (Å²) in [5.74, 6) is -0.476. The van der Waals surface area contributed by atoms with Crippen molar-refractivity contribution in [3.63, 3.8) is 0 Å². The Morgan fingerprint density at radius 2 is 1.95 bits per heavy atom. The molecule has 0 atom stereocenters. The number of pyridine rings is 1. The molecular weight excluding hydrogens is 268 g/mol. The van der Waals surface area contributed by atoms with E-state index >= 15 is 0 Å². The highest BCUT2D eigenvalue weighted by Gasteiger charge is 2.13. The van der Waals surface area contributed by atoms with Crippen LogP contribution >= 0.6 is 0 Å². The second-order valence-electron chi connectivity index (χ2n) is 4.85. The van der Waals surface area contributed by atoms with E-state index < -0.39 is 5.97 Å². The fraction of sp³-hybridized carbons (Fsp3) is 0.250. The first-order chi connectivity index (χ1) is 10.0. The van der Waals surface area contributed by atoms with Gasteiger partial charge in [-0.15, -0.1) is 0 Å². The Hall–Kier alpha value is -2.56. The number of anilines is 1. The van der Waals surface area contributed by atoms with Crippen LogP contribution in [0.25, 0.3) is 0 Å². The third-order valence-electron chi connectivity index (χ3n) is 3.38. The molecule has 0 saturated carbocycles. The fourth-order valence-corrected chi connectivity index (χ4v) is 2.20. The van der Waals surface area contributed by atoms with Crippen LogP contribution in [0.1, 0.15) is 16.8 Å². The summed E-state index contributed by atoms with van der Waals surface area (Å²) in [6.07, 6.45) is 0.585. The maximum atomic E-state index is 12.3. The van der Waals surface area contributed by atoms with E-state index in [-0.39, 0.29) is 17.8 Å². The molecule has 0 aliphatic heterocycles. The van der Waals surface area contributed by atoms with Crippen LogP contribution in [0.5, 0.6) is 0 Å².